The second kappa shape index (κ2) is 8.60. The third kappa shape index (κ3) is 4.43. The van der Waals surface area contributed by atoms with Gasteiger partial charge in [-0.1, -0.05) is 37.3 Å². The normalized spacial score (nSPS) is 14.1. The molecule has 4 rings (SSSR count). The second-order valence-electron chi connectivity index (χ2n) is 7.59. The van der Waals surface area contributed by atoms with Crippen LogP contribution in [0.1, 0.15) is 42.5 Å². The molecule has 0 radical (unpaired) electrons. The van der Waals surface area contributed by atoms with E-state index in [1.807, 2.05) is 31.2 Å². The number of hydrogen-bond donors (Lipinski definition) is 1. The molecule has 156 valence electrons. The van der Waals surface area contributed by atoms with E-state index in [9.17, 15) is 14.3 Å². The lowest BCUT2D eigenvalue weighted by atomic mass is 9.98. The predicted octanol–water partition coefficient (Wildman–Crippen LogP) is 6.98. The van der Waals surface area contributed by atoms with Crippen molar-refractivity contribution in [3.05, 3.63) is 100 Å². The maximum Gasteiger partial charge on any atom is 0.307 e. The molecule has 0 amide bonds. The zero-order chi connectivity index (χ0) is 22.0. The summed E-state index contributed by atoms with van der Waals surface area (Å²) in [5.74, 6) is 0.0988. The van der Waals surface area contributed by atoms with Crippen molar-refractivity contribution in [3.63, 3.8) is 0 Å². The summed E-state index contributed by atoms with van der Waals surface area (Å²) in [5, 5.41) is 9.40. The van der Waals surface area contributed by atoms with Gasteiger partial charge in [-0.3, -0.25) is 4.79 Å². The van der Waals surface area contributed by atoms with Gasteiger partial charge in [0.05, 0.1) is 6.42 Å². The van der Waals surface area contributed by atoms with Gasteiger partial charge in [-0.05, 0) is 94.8 Å². The zero-order valence-electron chi connectivity index (χ0n) is 17.5. The molecular weight excluding hydrogens is 391 g/mol. The standard InChI is InChI=1S/C27H23FO3/c1-3-18-6-13-23-24(17(2)25(16-27(29)30)26(23)14-18)15-19-4-9-21(10-5-19)31-22-11-7-20(28)8-12-22/h4-15H,3,16H2,1-2H3,(H,29,30)/b24-15-. The van der Waals surface area contributed by atoms with Crippen LogP contribution in [0.2, 0.25) is 0 Å². The predicted molar refractivity (Wildman–Crippen MR) is 121 cm³/mol. The van der Waals surface area contributed by atoms with Crippen molar-refractivity contribution >= 4 is 23.2 Å². The molecule has 1 N–H and O–H groups in total. The monoisotopic (exact) mass is 414 g/mol. The average molecular weight is 414 g/mol. The minimum Gasteiger partial charge on any atom is -0.481 e. The molecule has 0 fully saturated rings. The van der Waals surface area contributed by atoms with E-state index in [2.05, 4.69) is 31.2 Å². The maximum atomic E-state index is 13.1. The van der Waals surface area contributed by atoms with E-state index >= 15 is 0 Å². The highest BCUT2D eigenvalue weighted by atomic mass is 19.1. The number of aryl methyl sites for hydroxylation is 1. The molecule has 0 aromatic heterocycles. The van der Waals surface area contributed by atoms with Gasteiger partial charge in [-0.25, -0.2) is 4.39 Å². The van der Waals surface area contributed by atoms with Gasteiger partial charge < -0.3 is 9.84 Å². The fraction of sp³-hybridized carbons (Fsp3) is 0.148. The van der Waals surface area contributed by atoms with Crippen molar-refractivity contribution in [1.82, 2.24) is 0 Å². The molecule has 0 bridgehead atoms. The van der Waals surface area contributed by atoms with Crippen LogP contribution < -0.4 is 4.74 Å². The van der Waals surface area contributed by atoms with E-state index in [0.717, 1.165) is 39.8 Å². The molecule has 31 heavy (non-hydrogen) atoms. The third-order valence-corrected chi connectivity index (χ3v) is 5.53. The topological polar surface area (TPSA) is 46.5 Å². The summed E-state index contributed by atoms with van der Waals surface area (Å²) in [6.07, 6.45) is 2.99. The Morgan fingerprint density at radius 1 is 0.968 bits per heavy atom. The summed E-state index contributed by atoms with van der Waals surface area (Å²) < 4.78 is 18.8. The van der Waals surface area contributed by atoms with Gasteiger partial charge in [0.25, 0.3) is 0 Å². The van der Waals surface area contributed by atoms with Crippen molar-refractivity contribution in [2.75, 3.05) is 0 Å². The van der Waals surface area contributed by atoms with Gasteiger partial charge in [0.1, 0.15) is 17.3 Å². The minimum absolute atomic E-state index is 0.00773. The zero-order valence-corrected chi connectivity index (χ0v) is 17.5. The summed E-state index contributed by atoms with van der Waals surface area (Å²) in [6, 6.07) is 19.8. The molecule has 0 saturated carbocycles. The quantitative estimate of drug-likeness (QED) is 0.473. The van der Waals surface area contributed by atoms with E-state index in [1.165, 1.54) is 17.7 Å². The van der Waals surface area contributed by atoms with Gasteiger partial charge in [-0.15, -0.1) is 0 Å². The Bertz CT molecular complexity index is 1190. The summed E-state index contributed by atoms with van der Waals surface area (Å²) in [6.45, 7) is 4.08. The largest absolute Gasteiger partial charge is 0.481 e. The minimum atomic E-state index is -0.828. The molecule has 4 heteroatoms. The number of allylic oxidation sites excluding steroid dienone is 2. The number of carboxylic acid groups (broad SMARTS) is 1. The maximum absolute atomic E-state index is 13.1. The van der Waals surface area contributed by atoms with Crippen molar-refractivity contribution in [2.24, 2.45) is 0 Å². The highest BCUT2D eigenvalue weighted by Gasteiger charge is 2.25. The molecule has 0 atom stereocenters. The highest BCUT2D eigenvalue weighted by molar-refractivity contribution is 6.07. The smallest absolute Gasteiger partial charge is 0.307 e. The summed E-state index contributed by atoms with van der Waals surface area (Å²) >= 11 is 0. The average Bonchev–Trinajstić information content (AvgIpc) is 3.01. The molecule has 0 unspecified atom stereocenters. The summed E-state index contributed by atoms with van der Waals surface area (Å²) in [5.41, 5.74) is 7.18. The van der Waals surface area contributed by atoms with Crippen LogP contribution in [0.3, 0.4) is 0 Å². The van der Waals surface area contributed by atoms with Crippen LogP contribution in [0.25, 0.3) is 17.2 Å². The SMILES string of the molecule is CCc1ccc2c(c1)C(CC(=O)O)=C(C)/C2=C/c1ccc(Oc2ccc(F)cc2)cc1. The number of carboxylic acids is 1. The molecule has 0 heterocycles. The highest BCUT2D eigenvalue weighted by Crippen LogP contribution is 2.44. The van der Waals surface area contributed by atoms with Gasteiger partial charge in [0.15, 0.2) is 0 Å². The van der Waals surface area contributed by atoms with E-state index in [-0.39, 0.29) is 12.2 Å². The van der Waals surface area contributed by atoms with Crippen LogP contribution in [0.5, 0.6) is 11.5 Å². The summed E-state index contributed by atoms with van der Waals surface area (Å²) in [7, 11) is 0. The lowest BCUT2D eigenvalue weighted by Gasteiger charge is -2.08. The third-order valence-electron chi connectivity index (χ3n) is 5.53. The van der Waals surface area contributed by atoms with Crippen molar-refractivity contribution in [3.8, 4) is 11.5 Å². The Labute approximate surface area is 181 Å². The molecule has 1 aliphatic rings. The number of halogens is 1. The van der Waals surface area contributed by atoms with Crippen LogP contribution in [0.15, 0.2) is 72.3 Å². The molecule has 0 aliphatic heterocycles. The van der Waals surface area contributed by atoms with Gasteiger partial charge in [0.2, 0.25) is 0 Å². The Morgan fingerprint density at radius 3 is 2.23 bits per heavy atom. The van der Waals surface area contributed by atoms with Gasteiger partial charge in [0, 0.05) is 0 Å². The number of fused-ring (bicyclic) bond motifs is 1. The lowest BCUT2D eigenvalue weighted by Crippen LogP contribution is -1.97. The van der Waals surface area contributed by atoms with E-state index in [0.29, 0.717) is 11.5 Å². The molecule has 3 aromatic rings. The Kier molecular flexibility index (Phi) is 5.72. The molecular formula is C27H23FO3. The van der Waals surface area contributed by atoms with Crippen LogP contribution in [0.4, 0.5) is 4.39 Å². The number of hydrogen-bond acceptors (Lipinski definition) is 2. The van der Waals surface area contributed by atoms with E-state index in [1.54, 1.807) is 12.1 Å². The van der Waals surface area contributed by atoms with E-state index < -0.39 is 5.97 Å². The fourth-order valence-electron chi connectivity index (χ4n) is 3.86. The first kappa shape index (κ1) is 20.6. The van der Waals surface area contributed by atoms with Crippen LogP contribution in [0, 0.1) is 5.82 Å². The molecule has 0 saturated heterocycles. The van der Waals surface area contributed by atoms with Crippen molar-refractivity contribution in [2.45, 2.75) is 26.7 Å². The Hall–Kier alpha value is -3.66. The first-order valence-electron chi connectivity index (χ1n) is 10.3. The number of ether oxygens (including phenoxy) is 1. The molecule has 0 spiro atoms. The number of aliphatic carboxylic acids is 1. The van der Waals surface area contributed by atoms with Crippen LogP contribution >= 0.6 is 0 Å². The van der Waals surface area contributed by atoms with Gasteiger partial charge in [-0.2, -0.15) is 0 Å². The summed E-state index contributed by atoms with van der Waals surface area (Å²) in [4.78, 5) is 11.4. The second-order valence-corrected chi connectivity index (χ2v) is 7.59. The van der Waals surface area contributed by atoms with Gasteiger partial charge >= 0.3 is 5.97 Å². The molecule has 3 aromatic carbocycles. The first-order chi connectivity index (χ1) is 14.9. The fourth-order valence-corrected chi connectivity index (χ4v) is 3.86. The van der Waals surface area contributed by atoms with Crippen LogP contribution in [-0.2, 0) is 11.2 Å². The van der Waals surface area contributed by atoms with E-state index in [4.69, 9.17) is 4.74 Å². The van der Waals surface area contributed by atoms with Crippen LogP contribution in [-0.4, -0.2) is 11.1 Å². The van der Waals surface area contributed by atoms with Crippen molar-refractivity contribution in [1.29, 1.82) is 0 Å². The molecule has 3 nitrogen and oxygen atoms in total. The number of rotatable bonds is 6. The lowest BCUT2D eigenvalue weighted by molar-refractivity contribution is -0.135. The Morgan fingerprint density at radius 2 is 1.61 bits per heavy atom. The number of carbonyl (C=O) groups is 1. The number of benzene rings is 3. The Balaban J connectivity index is 1.65. The first-order valence-corrected chi connectivity index (χ1v) is 10.3. The van der Waals surface area contributed by atoms with Crippen molar-refractivity contribution < 1.29 is 19.0 Å². The molecule has 1 aliphatic carbocycles.